The fourth-order valence-electron chi connectivity index (χ4n) is 4.01. The van der Waals surface area contributed by atoms with Crippen molar-refractivity contribution in [1.29, 1.82) is 0 Å². The van der Waals surface area contributed by atoms with E-state index in [4.69, 9.17) is 26.3 Å². The molecule has 0 unspecified atom stereocenters. The van der Waals surface area contributed by atoms with Gasteiger partial charge in [-0.2, -0.15) is 0 Å². The molecule has 3 heterocycles. The Labute approximate surface area is 209 Å². The molecular weight excluding hydrogens is 466 g/mol. The highest BCUT2D eigenvalue weighted by atomic mass is 35.5. The number of carboxylic acids is 1. The summed E-state index contributed by atoms with van der Waals surface area (Å²) in [5.74, 6) is -0.393. The van der Waals surface area contributed by atoms with E-state index in [1.54, 1.807) is 38.6 Å². The molecule has 4 aromatic rings. The van der Waals surface area contributed by atoms with Gasteiger partial charge < -0.3 is 14.4 Å². The zero-order valence-corrected chi connectivity index (χ0v) is 21.0. The van der Waals surface area contributed by atoms with E-state index in [0.717, 1.165) is 16.8 Å². The average Bonchev–Trinajstić information content (AvgIpc) is 3.11. The number of halogens is 1. The third-order valence-corrected chi connectivity index (χ3v) is 6.13. The zero-order chi connectivity index (χ0) is 25.2. The Kier molecular flexibility index (Phi) is 7.03. The van der Waals surface area contributed by atoms with E-state index in [1.165, 1.54) is 0 Å². The highest BCUT2D eigenvalue weighted by molar-refractivity contribution is 6.30. The zero-order valence-electron chi connectivity index (χ0n) is 20.2. The summed E-state index contributed by atoms with van der Waals surface area (Å²) in [6.07, 6.45) is 6.77. The van der Waals surface area contributed by atoms with Crippen LogP contribution in [0.25, 0.3) is 11.2 Å². The van der Waals surface area contributed by atoms with Crippen LogP contribution in [-0.2, 0) is 24.4 Å². The lowest BCUT2D eigenvalue weighted by Crippen LogP contribution is -2.28. The summed E-state index contributed by atoms with van der Waals surface area (Å²) >= 11 is 6.08. The highest BCUT2D eigenvalue weighted by Crippen LogP contribution is 2.36. The van der Waals surface area contributed by atoms with Crippen LogP contribution in [0.1, 0.15) is 56.1 Å². The summed E-state index contributed by atoms with van der Waals surface area (Å²) in [6.45, 7) is 8.36. The molecule has 0 bridgehead atoms. The molecule has 1 aromatic carbocycles. The van der Waals surface area contributed by atoms with Crippen LogP contribution in [-0.4, -0.2) is 35.6 Å². The first kappa shape index (κ1) is 24.6. The second kappa shape index (κ2) is 10.00. The van der Waals surface area contributed by atoms with Gasteiger partial charge in [-0.3, -0.25) is 14.8 Å². The van der Waals surface area contributed by atoms with E-state index in [-0.39, 0.29) is 12.5 Å². The van der Waals surface area contributed by atoms with Gasteiger partial charge >= 0.3 is 5.97 Å². The van der Waals surface area contributed by atoms with Gasteiger partial charge in [0.05, 0.1) is 23.5 Å². The predicted octanol–water partition coefficient (Wildman–Crippen LogP) is 5.28. The number of ether oxygens (including phenoxy) is 1. The van der Waals surface area contributed by atoms with Gasteiger partial charge in [0.2, 0.25) is 5.88 Å². The number of benzene rings is 1. The van der Waals surface area contributed by atoms with E-state index >= 15 is 0 Å². The van der Waals surface area contributed by atoms with Gasteiger partial charge in [0, 0.05) is 41.6 Å². The van der Waals surface area contributed by atoms with E-state index < -0.39 is 11.4 Å². The third-order valence-electron chi connectivity index (χ3n) is 5.88. The number of fused-ring (bicyclic) bond motifs is 1. The second-order valence-corrected chi connectivity index (χ2v) is 9.90. The van der Waals surface area contributed by atoms with Gasteiger partial charge in [-0.15, -0.1) is 0 Å². The first-order valence-corrected chi connectivity index (χ1v) is 11.8. The molecule has 182 valence electrons. The van der Waals surface area contributed by atoms with Crippen molar-refractivity contribution in [2.45, 2.75) is 53.2 Å². The molecule has 0 spiro atoms. The number of nitrogens with zero attached hydrogens (tertiary/aromatic N) is 5. The van der Waals surface area contributed by atoms with Gasteiger partial charge in [-0.25, -0.2) is 9.97 Å². The number of rotatable bonds is 9. The van der Waals surface area contributed by atoms with E-state index in [1.807, 2.05) is 24.3 Å². The SMILES string of the molecule is CC(C)c1c(CC(C)(C)C(=O)O)n(Cc2ccc(Cl)cc2)c2ncc(OCc3cnccn3)nc12. The number of carbonyl (C=O) groups is 1. The summed E-state index contributed by atoms with van der Waals surface area (Å²) in [7, 11) is 0. The van der Waals surface area contributed by atoms with Gasteiger partial charge in [-0.1, -0.05) is 37.6 Å². The van der Waals surface area contributed by atoms with Crippen LogP contribution in [0.3, 0.4) is 0 Å². The molecular formula is C26H28ClN5O3. The number of hydrogen-bond acceptors (Lipinski definition) is 6. The molecule has 35 heavy (non-hydrogen) atoms. The molecule has 0 saturated heterocycles. The Morgan fingerprint density at radius 1 is 1.14 bits per heavy atom. The molecule has 0 aliphatic heterocycles. The monoisotopic (exact) mass is 493 g/mol. The van der Waals surface area contributed by atoms with Gasteiger partial charge in [0.25, 0.3) is 0 Å². The van der Waals surface area contributed by atoms with Crippen molar-refractivity contribution < 1.29 is 14.6 Å². The second-order valence-electron chi connectivity index (χ2n) is 9.46. The number of aromatic nitrogens is 5. The Morgan fingerprint density at radius 3 is 2.51 bits per heavy atom. The van der Waals surface area contributed by atoms with Crippen LogP contribution in [0.2, 0.25) is 5.02 Å². The minimum atomic E-state index is -0.971. The first-order valence-electron chi connectivity index (χ1n) is 11.4. The first-order chi connectivity index (χ1) is 16.7. The maximum atomic E-state index is 12.0. The number of hydrogen-bond donors (Lipinski definition) is 1. The fourth-order valence-corrected chi connectivity index (χ4v) is 4.14. The van der Waals surface area contributed by atoms with E-state index in [0.29, 0.717) is 40.7 Å². The largest absolute Gasteiger partial charge is 0.481 e. The normalized spacial score (nSPS) is 11.8. The van der Waals surface area contributed by atoms with Crippen LogP contribution in [0.4, 0.5) is 0 Å². The van der Waals surface area contributed by atoms with E-state index in [2.05, 4.69) is 28.4 Å². The van der Waals surface area contributed by atoms with Crippen LogP contribution in [0.15, 0.2) is 49.1 Å². The van der Waals surface area contributed by atoms with Crippen LogP contribution < -0.4 is 4.74 Å². The van der Waals surface area contributed by atoms with Crippen molar-refractivity contribution in [2.75, 3.05) is 0 Å². The van der Waals surface area contributed by atoms with Gasteiger partial charge in [0.15, 0.2) is 5.65 Å². The molecule has 0 fully saturated rings. The van der Waals surface area contributed by atoms with Crippen molar-refractivity contribution in [2.24, 2.45) is 5.41 Å². The third kappa shape index (κ3) is 5.43. The molecule has 0 atom stereocenters. The van der Waals surface area contributed by atoms with Crippen molar-refractivity contribution in [1.82, 2.24) is 24.5 Å². The Morgan fingerprint density at radius 2 is 1.89 bits per heavy atom. The fraction of sp³-hybridized carbons (Fsp3) is 0.346. The summed E-state index contributed by atoms with van der Waals surface area (Å²) in [6, 6.07) is 7.61. The summed E-state index contributed by atoms with van der Waals surface area (Å²) < 4.78 is 7.93. The minimum Gasteiger partial charge on any atom is -0.481 e. The molecule has 4 rings (SSSR count). The quantitative estimate of drug-likeness (QED) is 0.338. The molecule has 1 N–H and O–H groups in total. The Hall–Kier alpha value is -3.52. The van der Waals surface area contributed by atoms with Crippen LogP contribution >= 0.6 is 11.6 Å². The summed E-state index contributed by atoms with van der Waals surface area (Å²) in [5, 5.41) is 10.5. The van der Waals surface area contributed by atoms with Crippen molar-refractivity contribution in [3.8, 4) is 5.88 Å². The average molecular weight is 494 g/mol. The van der Waals surface area contributed by atoms with E-state index in [9.17, 15) is 9.90 Å². The van der Waals surface area contributed by atoms with Crippen LogP contribution in [0, 0.1) is 5.41 Å². The molecule has 3 aromatic heterocycles. The molecule has 8 nitrogen and oxygen atoms in total. The van der Waals surface area contributed by atoms with Crippen LogP contribution in [0.5, 0.6) is 5.88 Å². The minimum absolute atomic E-state index is 0.0908. The Balaban J connectivity index is 1.82. The molecule has 0 aliphatic rings. The lowest BCUT2D eigenvalue weighted by Gasteiger charge is -2.22. The standard InChI is InChI=1S/C26H28ClN5O3/c1-16(2)22-20(11-26(3,4)25(33)34)32(14-17-5-7-18(27)8-6-17)24-23(22)31-21(13-30-24)35-15-19-12-28-9-10-29-19/h5-10,12-13,16H,11,14-15H2,1-4H3,(H,33,34). The smallest absolute Gasteiger partial charge is 0.309 e. The number of carboxylic acid groups (broad SMARTS) is 1. The van der Waals surface area contributed by atoms with Crippen molar-refractivity contribution in [3.63, 3.8) is 0 Å². The maximum absolute atomic E-state index is 12.0. The summed E-state index contributed by atoms with van der Waals surface area (Å²) in [5.41, 5.74) is 4.02. The lowest BCUT2D eigenvalue weighted by atomic mass is 9.85. The maximum Gasteiger partial charge on any atom is 0.309 e. The number of aliphatic carboxylic acids is 1. The summed E-state index contributed by atoms with van der Waals surface area (Å²) in [4.78, 5) is 29.8. The van der Waals surface area contributed by atoms with Gasteiger partial charge in [-0.05, 0) is 37.5 Å². The molecule has 0 radical (unpaired) electrons. The lowest BCUT2D eigenvalue weighted by molar-refractivity contribution is -0.146. The topological polar surface area (TPSA) is 103 Å². The molecule has 9 heteroatoms. The predicted molar refractivity (Wildman–Crippen MR) is 134 cm³/mol. The van der Waals surface area contributed by atoms with Crippen molar-refractivity contribution >= 4 is 28.7 Å². The Bertz CT molecular complexity index is 1330. The molecule has 0 saturated carbocycles. The molecule has 0 aliphatic carbocycles. The van der Waals surface area contributed by atoms with Gasteiger partial charge in [0.1, 0.15) is 12.1 Å². The highest BCUT2D eigenvalue weighted by Gasteiger charge is 2.32. The van der Waals surface area contributed by atoms with Crippen molar-refractivity contribution in [3.05, 3.63) is 76.6 Å². The molecule has 0 amide bonds.